The van der Waals surface area contributed by atoms with Gasteiger partial charge in [0.1, 0.15) is 0 Å². The zero-order valence-corrected chi connectivity index (χ0v) is 11.7. The lowest BCUT2D eigenvalue weighted by atomic mass is 9.84. The number of aliphatic carboxylic acids is 1. The highest BCUT2D eigenvalue weighted by Crippen LogP contribution is 2.49. The van der Waals surface area contributed by atoms with Crippen molar-refractivity contribution in [3.05, 3.63) is 36.5 Å². The van der Waals surface area contributed by atoms with Crippen molar-refractivity contribution in [1.29, 1.82) is 0 Å². The Hall–Kier alpha value is -2.10. The minimum absolute atomic E-state index is 0.0482. The summed E-state index contributed by atoms with van der Waals surface area (Å²) in [5, 5.41) is 14.1. The fourth-order valence-corrected chi connectivity index (χ4v) is 4.26. The van der Waals surface area contributed by atoms with Crippen LogP contribution in [-0.4, -0.2) is 22.1 Å². The van der Waals surface area contributed by atoms with Gasteiger partial charge in [-0.15, -0.1) is 0 Å². The van der Waals surface area contributed by atoms with Crippen molar-refractivity contribution < 1.29 is 9.90 Å². The van der Waals surface area contributed by atoms with Crippen LogP contribution in [0.5, 0.6) is 0 Å². The summed E-state index contributed by atoms with van der Waals surface area (Å²) in [5.41, 5.74) is 1.95. The molecule has 0 spiro atoms. The van der Waals surface area contributed by atoms with Crippen LogP contribution in [-0.2, 0) is 4.79 Å². The van der Waals surface area contributed by atoms with Crippen LogP contribution in [0, 0.1) is 17.8 Å². The molecule has 0 radical (unpaired) electrons. The summed E-state index contributed by atoms with van der Waals surface area (Å²) in [6.45, 7) is 0. The molecular weight excluding hydrogens is 264 g/mol. The molecule has 0 amide bonds. The Balaban J connectivity index is 1.69. The van der Waals surface area contributed by atoms with E-state index in [-0.39, 0.29) is 12.0 Å². The van der Waals surface area contributed by atoms with Gasteiger partial charge < -0.3 is 10.4 Å². The lowest BCUT2D eigenvalue weighted by Crippen LogP contribution is -2.39. The average molecular weight is 282 g/mol. The number of carboxylic acids is 1. The maximum Gasteiger partial charge on any atom is 0.308 e. The maximum absolute atomic E-state index is 11.6. The van der Waals surface area contributed by atoms with Gasteiger partial charge in [0.15, 0.2) is 0 Å². The topological polar surface area (TPSA) is 62.2 Å². The Kier molecular flexibility index (Phi) is 2.84. The lowest BCUT2D eigenvalue weighted by molar-refractivity contribution is -0.143. The molecule has 108 valence electrons. The quantitative estimate of drug-likeness (QED) is 0.907. The van der Waals surface area contributed by atoms with E-state index >= 15 is 0 Å². The van der Waals surface area contributed by atoms with E-state index in [1.165, 1.54) is 0 Å². The van der Waals surface area contributed by atoms with Crippen molar-refractivity contribution >= 4 is 22.6 Å². The van der Waals surface area contributed by atoms with Crippen molar-refractivity contribution in [3.8, 4) is 0 Å². The number of hydrogen-bond acceptors (Lipinski definition) is 3. The van der Waals surface area contributed by atoms with Gasteiger partial charge in [0, 0.05) is 23.3 Å². The van der Waals surface area contributed by atoms with Crippen LogP contribution >= 0.6 is 0 Å². The minimum Gasteiger partial charge on any atom is -0.481 e. The largest absolute Gasteiger partial charge is 0.481 e. The molecule has 4 atom stereocenters. The van der Waals surface area contributed by atoms with E-state index < -0.39 is 5.97 Å². The number of benzene rings is 1. The number of anilines is 1. The van der Waals surface area contributed by atoms with Crippen LogP contribution < -0.4 is 5.32 Å². The second kappa shape index (κ2) is 4.72. The molecular formula is C17H18N2O2. The summed E-state index contributed by atoms with van der Waals surface area (Å²) in [6, 6.07) is 9.98. The van der Waals surface area contributed by atoms with Crippen molar-refractivity contribution in [2.24, 2.45) is 17.8 Å². The second-order valence-corrected chi connectivity index (χ2v) is 6.24. The van der Waals surface area contributed by atoms with E-state index in [0.717, 1.165) is 35.9 Å². The summed E-state index contributed by atoms with van der Waals surface area (Å²) >= 11 is 0. The number of rotatable bonds is 3. The monoisotopic (exact) mass is 282 g/mol. The summed E-state index contributed by atoms with van der Waals surface area (Å²) < 4.78 is 0. The molecule has 4 unspecified atom stereocenters. The molecule has 2 fully saturated rings. The molecule has 2 aliphatic carbocycles. The summed E-state index contributed by atoms with van der Waals surface area (Å²) in [6.07, 6.45) is 5.05. The highest BCUT2D eigenvalue weighted by atomic mass is 16.4. The maximum atomic E-state index is 11.6. The number of pyridine rings is 1. The molecule has 2 saturated carbocycles. The standard InChI is InChI=1S/C17H18N2O2/c20-17(21)15-10-5-6-11(9-10)16(15)19-14-7-8-18-13-4-2-1-3-12(13)14/h1-4,7-8,10-11,15-16H,5-6,9H2,(H,18,19)(H,20,21). The van der Waals surface area contributed by atoms with E-state index in [1.54, 1.807) is 6.20 Å². The van der Waals surface area contributed by atoms with Crippen molar-refractivity contribution in [3.63, 3.8) is 0 Å². The molecule has 2 N–H and O–H groups in total. The third-order valence-corrected chi connectivity index (χ3v) is 5.17. The third kappa shape index (κ3) is 1.97. The van der Waals surface area contributed by atoms with Gasteiger partial charge in [-0.2, -0.15) is 0 Å². The van der Waals surface area contributed by atoms with E-state index in [0.29, 0.717) is 11.8 Å². The number of fused-ring (bicyclic) bond motifs is 3. The Morgan fingerprint density at radius 3 is 2.86 bits per heavy atom. The smallest absolute Gasteiger partial charge is 0.308 e. The zero-order valence-electron chi connectivity index (χ0n) is 11.7. The van der Waals surface area contributed by atoms with Gasteiger partial charge in [0.2, 0.25) is 0 Å². The first-order valence-electron chi connectivity index (χ1n) is 7.57. The van der Waals surface area contributed by atoms with Crippen molar-refractivity contribution in [1.82, 2.24) is 4.98 Å². The molecule has 4 heteroatoms. The fourth-order valence-electron chi connectivity index (χ4n) is 4.26. The molecule has 0 aliphatic heterocycles. The number of aromatic nitrogens is 1. The van der Waals surface area contributed by atoms with Crippen LogP contribution in [0.4, 0.5) is 5.69 Å². The molecule has 21 heavy (non-hydrogen) atoms. The number of nitrogens with zero attached hydrogens (tertiary/aromatic N) is 1. The Morgan fingerprint density at radius 2 is 2.00 bits per heavy atom. The van der Waals surface area contributed by atoms with Crippen LogP contribution in [0.3, 0.4) is 0 Å². The average Bonchev–Trinajstić information content (AvgIpc) is 3.08. The van der Waals surface area contributed by atoms with Gasteiger partial charge in [-0.25, -0.2) is 0 Å². The Bertz CT molecular complexity index is 695. The second-order valence-electron chi connectivity index (χ2n) is 6.24. The van der Waals surface area contributed by atoms with E-state index in [4.69, 9.17) is 0 Å². The van der Waals surface area contributed by atoms with E-state index in [2.05, 4.69) is 10.3 Å². The van der Waals surface area contributed by atoms with Gasteiger partial charge >= 0.3 is 5.97 Å². The van der Waals surface area contributed by atoms with Crippen LogP contribution in [0.2, 0.25) is 0 Å². The summed E-state index contributed by atoms with van der Waals surface area (Å²) in [7, 11) is 0. The number of nitrogens with one attached hydrogen (secondary N) is 1. The fraction of sp³-hybridized carbons (Fsp3) is 0.412. The number of hydrogen-bond donors (Lipinski definition) is 2. The van der Waals surface area contributed by atoms with Crippen molar-refractivity contribution in [2.45, 2.75) is 25.3 Å². The number of carboxylic acid groups (broad SMARTS) is 1. The molecule has 4 nitrogen and oxygen atoms in total. The first-order valence-corrected chi connectivity index (χ1v) is 7.57. The molecule has 4 rings (SSSR count). The van der Waals surface area contributed by atoms with Gasteiger partial charge in [-0.05, 0) is 43.2 Å². The van der Waals surface area contributed by atoms with Crippen LogP contribution in [0.25, 0.3) is 10.9 Å². The minimum atomic E-state index is -0.655. The zero-order chi connectivity index (χ0) is 14.4. The predicted octanol–water partition coefficient (Wildman–Crippen LogP) is 3.15. The molecule has 0 saturated heterocycles. The normalized spacial score (nSPS) is 30.7. The number of para-hydroxylation sites is 1. The Labute approximate surface area is 123 Å². The molecule has 2 aliphatic rings. The SMILES string of the molecule is O=C(O)C1C2CCC(C2)C1Nc1ccnc2ccccc12. The number of carbonyl (C=O) groups is 1. The third-order valence-electron chi connectivity index (χ3n) is 5.17. The summed E-state index contributed by atoms with van der Waals surface area (Å²) in [4.78, 5) is 16.0. The predicted molar refractivity (Wildman–Crippen MR) is 81.1 cm³/mol. The molecule has 1 heterocycles. The van der Waals surface area contributed by atoms with E-state index in [1.807, 2.05) is 30.3 Å². The van der Waals surface area contributed by atoms with Gasteiger partial charge in [0.25, 0.3) is 0 Å². The Morgan fingerprint density at radius 1 is 1.19 bits per heavy atom. The molecule has 1 aromatic carbocycles. The molecule has 1 aromatic heterocycles. The molecule has 2 bridgehead atoms. The van der Waals surface area contributed by atoms with Crippen LogP contribution in [0.1, 0.15) is 19.3 Å². The highest BCUT2D eigenvalue weighted by molar-refractivity contribution is 5.91. The molecule has 2 aromatic rings. The van der Waals surface area contributed by atoms with Gasteiger partial charge in [-0.1, -0.05) is 18.2 Å². The summed E-state index contributed by atoms with van der Waals surface area (Å²) in [5.74, 6) is -0.0742. The highest BCUT2D eigenvalue weighted by Gasteiger charge is 2.51. The van der Waals surface area contributed by atoms with Gasteiger partial charge in [-0.3, -0.25) is 9.78 Å². The van der Waals surface area contributed by atoms with Crippen molar-refractivity contribution in [2.75, 3.05) is 5.32 Å². The first-order chi connectivity index (χ1) is 10.2. The first kappa shape index (κ1) is 12.6. The lowest BCUT2D eigenvalue weighted by Gasteiger charge is -2.30. The van der Waals surface area contributed by atoms with E-state index in [9.17, 15) is 9.90 Å². The van der Waals surface area contributed by atoms with Gasteiger partial charge in [0.05, 0.1) is 11.4 Å². The van der Waals surface area contributed by atoms with Crippen LogP contribution in [0.15, 0.2) is 36.5 Å².